The highest BCUT2D eigenvalue weighted by Crippen LogP contribution is 2.62. The zero-order valence-electron chi connectivity index (χ0n) is 23.2. The predicted molar refractivity (Wildman–Crippen MR) is 158 cm³/mol. The summed E-state index contributed by atoms with van der Waals surface area (Å²) < 4.78 is 13.7. The summed E-state index contributed by atoms with van der Waals surface area (Å²) in [5.41, 5.74) is 6.09. The molecule has 6 heteroatoms. The van der Waals surface area contributed by atoms with Gasteiger partial charge in [0.1, 0.15) is 5.75 Å². The van der Waals surface area contributed by atoms with Crippen molar-refractivity contribution in [2.75, 3.05) is 13.7 Å². The molecule has 0 aliphatic carbocycles. The molecule has 41 heavy (non-hydrogen) atoms. The molecule has 0 saturated carbocycles. The maximum Gasteiger partial charge on any atom is 0.340 e. The number of rotatable bonds is 8. The number of hydrogen-bond donors (Lipinski definition) is 1. The molecule has 1 aromatic heterocycles. The minimum absolute atomic E-state index is 0.0234. The van der Waals surface area contributed by atoms with E-state index in [0.29, 0.717) is 17.9 Å². The van der Waals surface area contributed by atoms with Gasteiger partial charge in [-0.3, -0.25) is 4.90 Å². The number of fused-ring (bicyclic) bond motifs is 5. The van der Waals surface area contributed by atoms with E-state index in [1.165, 1.54) is 16.7 Å². The van der Waals surface area contributed by atoms with Crippen molar-refractivity contribution >= 4 is 16.9 Å². The smallest absolute Gasteiger partial charge is 0.340 e. The Morgan fingerprint density at radius 1 is 0.902 bits per heavy atom. The van der Waals surface area contributed by atoms with Crippen molar-refractivity contribution in [2.24, 2.45) is 0 Å². The van der Waals surface area contributed by atoms with Crippen LogP contribution in [0.15, 0.2) is 103 Å². The van der Waals surface area contributed by atoms with Crippen molar-refractivity contribution in [3.05, 3.63) is 137 Å². The zero-order chi connectivity index (χ0) is 28.1. The minimum Gasteiger partial charge on any atom is -0.496 e. The largest absolute Gasteiger partial charge is 0.496 e. The van der Waals surface area contributed by atoms with Gasteiger partial charge in [-0.05, 0) is 41.3 Å². The van der Waals surface area contributed by atoms with E-state index in [-0.39, 0.29) is 31.3 Å². The van der Waals surface area contributed by atoms with Gasteiger partial charge in [0, 0.05) is 6.54 Å². The monoisotopic (exact) mass is 544 g/mol. The van der Waals surface area contributed by atoms with Gasteiger partial charge < -0.3 is 19.1 Å². The van der Waals surface area contributed by atoms with Crippen LogP contribution in [0, 0.1) is 0 Å². The summed E-state index contributed by atoms with van der Waals surface area (Å²) in [5, 5.41) is 10.7. The Balaban J connectivity index is 1.50. The molecule has 1 N–H and O–H groups in total. The van der Waals surface area contributed by atoms with Gasteiger partial charge in [-0.2, -0.15) is 0 Å². The van der Waals surface area contributed by atoms with E-state index < -0.39 is 5.54 Å². The number of aromatic nitrogens is 1. The Hall–Kier alpha value is -4.39. The van der Waals surface area contributed by atoms with Gasteiger partial charge in [0.05, 0.1) is 60.1 Å². The molecule has 0 bridgehead atoms. The van der Waals surface area contributed by atoms with Crippen molar-refractivity contribution in [2.45, 2.75) is 37.7 Å². The van der Waals surface area contributed by atoms with Crippen LogP contribution < -0.4 is 4.74 Å². The Bertz CT molecular complexity index is 1630. The first-order valence-electron chi connectivity index (χ1n) is 14.1. The first-order chi connectivity index (χ1) is 20.1. The molecule has 5 aromatic rings. The molecule has 0 radical (unpaired) electrons. The summed E-state index contributed by atoms with van der Waals surface area (Å²) in [7, 11) is 1.60. The van der Waals surface area contributed by atoms with E-state index >= 15 is 0 Å². The van der Waals surface area contributed by atoms with Gasteiger partial charge in [0.2, 0.25) is 0 Å². The molecule has 1 unspecified atom stereocenters. The van der Waals surface area contributed by atoms with E-state index in [9.17, 15) is 9.90 Å². The van der Waals surface area contributed by atoms with Crippen molar-refractivity contribution in [3.8, 4) is 5.75 Å². The summed E-state index contributed by atoms with van der Waals surface area (Å²) in [4.78, 5) is 16.2. The summed E-state index contributed by atoms with van der Waals surface area (Å²) in [6.07, 6.45) is 0. The molecule has 206 valence electrons. The average molecular weight is 545 g/mol. The van der Waals surface area contributed by atoms with Crippen LogP contribution in [0.1, 0.15) is 51.3 Å². The maximum absolute atomic E-state index is 13.7. The number of aliphatic hydroxyl groups excluding tert-OH is 1. The predicted octanol–water partition coefficient (Wildman–Crippen LogP) is 6.05. The molecule has 2 aliphatic rings. The van der Waals surface area contributed by atoms with E-state index in [0.717, 1.165) is 22.2 Å². The highest BCUT2D eigenvalue weighted by molar-refractivity contribution is 6.09. The Morgan fingerprint density at radius 3 is 1.95 bits per heavy atom. The average Bonchev–Trinajstić information content (AvgIpc) is 3.43. The van der Waals surface area contributed by atoms with Crippen LogP contribution >= 0.6 is 0 Å². The standard InChI is InChI=1S/C35H32N2O4/c1-3-41-34(39)31-30-27(19-23(22-38)20-29(30)40-2)36-21-28-32(33(31)36)37(28)35(24-13-7-4-8-14-24,25-15-9-5-10-16-25)26-17-11-6-12-18-26/h4-20,28,32,38H,3,21-22H2,1-2H3/t28-,32-,37?/m0/s1. The zero-order valence-corrected chi connectivity index (χ0v) is 23.2. The number of nitrogens with zero attached hydrogens (tertiary/aromatic N) is 2. The second kappa shape index (κ2) is 9.91. The van der Waals surface area contributed by atoms with Crippen molar-refractivity contribution < 1.29 is 19.4 Å². The van der Waals surface area contributed by atoms with E-state index in [4.69, 9.17) is 9.47 Å². The third kappa shape index (κ3) is 3.68. The summed E-state index contributed by atoms with van der Waals surface area (Å²) in [6, 6.07) is 35.8. The molecule has 3 atom stereocenters. The van der Waals surface area contributed by atoms with E-state index in [1.807, 2.05) is 19.1 Å². The first kappa shape index (κ1) is 25.6. The van der Waals surface area contributed by atoms with Crippen LogP contribution in [-0.4, -0.2) is 40.3 Å². The molecule has 2 aliphatic heterocycles. The van der Waals surface area contributed by atoms with Crippen LogP contribution in [0.2, 0.25) is 0 Å². The van der Waals surface area contributed by atoms with Gasteiger partial charge in [-0.25, -0.2) is 4.79 Å². The summed E-state index contributed by atoms with van der Waals surface area (Å²) in [6.45, 7) is 2.71. The lowest BCUT2D eigenvalue weighted by Gasteiger charge is -2.39. The number of hydrogen-bond acceptors (Lipinski definition) is 5. The highest BCUT2D eigenvalue weighted by atomic mass is 16.5. The number of carbonyl (C=O) groups is 1. The maximum atomic E-state index is 13.7. The number of esters is 1. The Labute approximate surface area is 239 Å². The van der Waals surface area contributed by atoms with Crippen molar-refractivity contribution in [1.29, 1.82) is 0 Å². The molecule has 3 heterocycles. The van der Waals surface area contributed by atoms with Crippen LogP contribution in [0.4, 0.5) is 0 Å². The molecule has 1 fully saturated rings. The normalized spacial score (nSPS) is 19.0. The number of carbonyl (C=O) groups excluding carboxylic acids is 1. The van der Waals surface area contributed by atoms with E-state index in [1.54, 1.807) is 7.11 Å². The van der Waals surface area contributed by atoms with Crippen LogP contribution in [0.3, 0.4) is 0 Å². The third-order valence-electron chi connectivity index (χ3n) is 8.65. The van der Waals surface area contributed by atoms with Gasteiger partial charge >= 0.3 is 5.97 Å². The lowest BCUT2D eigenvalue weighted by molar-refractivity contribution is 0.0526. The van der Waals surface area contributed by atoms with Crippen molar-refractivity contribution in [1.82, 2.24) is 9.47 Å². The van der Waals surface area contributed by atoms with E-state index in [2.05, 4.69) is 100 Å². The molecule has 0 spiro atoms. The second-order valence-electron chi connectivity index (χ2n) is 10.7. The molecule has 4 aromatic carbocycles. The van der Waals surface area contributed by atoms with Crippen LogP contribution in [0.5, 0.6) is 5.75 Å². The van der Waals surface area contributed by atoms with Gasteiger partial charge in [0.25, 0.3) is 0 Å². The molecule has 1 saturated heterocycles. The van der Waals surface area contributed by atoms with Gasteiger partial charge in [0.15, 0.2) is 0 Å². The highest BCUT2D eigenvalue weighted by Gasteiger charge is 2.65. The molecular weight excluding hydrogens is 512 g/mol. The fourth-order valence-electron chi connectivity index (χ4n) is 7.09. The number of aliphatic hydroxyl groups is 1. The van der Waals surface area contributed by atoms with Crippen molar-refractivity contribution in [3.63, 3.8) is 0 Å². The Kier molecular flexibility index (Phi) is 6.18. The SMILES string of the molecule is CCOC(=O)c1c2n(c3cc(CO)cc(OC)c13)C[C@H]1[C@@H]2N1C(c1ccccc1)(c1ccccc1)c1ccccc1. The minimum atomic E-state index is -0.576. The third-order valence-corrected chi connectivity index (χ3v) is 8.65. The fraction of sp³-hybridized carbons (Fsp3) is 0.229. The Morgan fingerprint density at radius 2 is 1.46 bits per heavy atom. The number of methoxy groups -OCH3 is 1. The molecule has 0 amide bonds. The number of ether oxygens (including phenoxy) is 2. The lowest BCUT2D eigenvalue weighted by atomic mass is 9.76. The van der Waals surface area contributed by atoms with Gasteiger partial charge in [-0.1, -0.05) is 91.0 Å². The topological polar surface area (TPSA) is 63.7 Å². The lowest BCUT2D eigenvalue weighted by Crippen LogP contribution is -2.40. The van der Waals surface area contributed by atoms with Crippen LogP contribution in [0.25, 0.3) is 10.9 Å². The second-order valence-corrected chi connectivity index (χ2v) is 10.7. The first-order valence-corrected chi connectivity index (χ1v) is 14.1. The summed E-state index contributed by atoms with van der Waals surface area (Å²) >= 11 is 0. The fourth-order valence-corrected chi connectivity index (χ4v) is 7.09. The van der Waals surface area contributed by atoms with Gasteiger partial charge in [-0.15, -0.1) is 0 Å². The molecule has 7 rings (SSSR count). The molecule has 6 nitrogen and oxygen atoms in total. The van der Waals surface area contributed by atoms with Crippen LogP contribution in [-0.2, 0) is 23.4 Å². The number of benzene rings is 4. The molecular formula is C35H32N2O4. The summed E-state index contributed by atoms with van der Waals surface area (Å²) in [5.74, 6) is 0.222. The quantitative estimate of drug-likeness (QED) is 0.146.